The molecule has 0 aromatic heterocycles. The van der Waals surface area contributed by atoms with Crippen molar-refractivity contribution in [1.82, 2.24) is 10.2 Å². The summed E-state index contributed by atoms with van der Waals surface area (Å²) >= 11 is 0. The Labute approximate surface area is 91.3 Å². The first-order valence-electron chi connectivity index (χ1n) is 5.41. The summed E-state index contributed by atoms with van der Waals surface area (Å²) in [4.78, 5) is 13.5. The topological polar surface area (TPSA) is 41.6 Å². The Hall–Kier alpha value is -0.870. The molecule has 1 fully saturated rings. The van der Waals surface area contributed by atoms with Gasteiger partial charge < -0.3 is 15.0 Å². The fourth-order valence-corrected chi connectivity index (χ4v) is 1.74. The average molecular weight is 212 g/mol. The summed E-state index contributed by atoms with van der Waals surface area (Å²) < 4.78 is 5.13. The van der Waals surface area contributed by atoms with E-state index in [4.69, 9.17) is 4.74 Å². The third-order valence-electron chi connectivity index (χ3n) is 2.72. The van der Waals surface area contributed by atoms with Crippen molar-refractivity contribution >= 4 is 5.91 Å². The third kappa shape index (κ3) is 4.01. The van der Waals surface area contributed by atoms with Gasteiger partial charge in [0, 0.05) is 19.1 Å². The van der Waals surface area contributed by atoms with E-state index in [-0.39, 0.29) is 12.5 Å². The molecule has 0 bridgehead atoms. The van der Waals surface area contributed by atoms with Crippen LogP contribution in [0.15, 0.2) is 12.7 Å². The maximum Gasteiger partial charge on any atom is 0.248 e. The third-order valence-corrected chi connectivity index (χ3v) is 2.72. The van der Waals surface area contributed by atoms with Crippen LogP contribution in [0.25, 0.3) is 0 Å². The van der Waals surface area contributed by atoms with E-state index in [0.29, 0.717) is 12.6 Å². The second-order valence-corrected chi connectivity index (χ2v) is 3.75. The Morgan fingerprint density at radius 2 is 2.27 bits per heavy atom. The van der Waals surface area contributed by atoms with Crippen molar-refractivity contribution in [3.63, 3.8) is 0 Å². The Morgan fingerprint density at radius 1 is 1.60 bits per heavy atom. The molecule has 4 nitrogen and oxygen atoms in total. The van der Waals surface area contributed by atoms with Crippen molar-refractivity contribution in [3.8, 4) is 0 Å². The molecule has 15 heavy (non-hydrogen) atoms. The molecule has 0 aromatic rings. The highest BCUT2D eigenvalue weighted by molar-refractivity contribution is 5.77. The first-order valence-corrected chi connectivity index (χ1v) is 5.41. The molecule has 1 saturated heterocycles. The van der Waals surface area contributed by atoms with E-state index in [1.807, 2.05) is 11.9 Å². The lowest BCUT2D eigenvalue weighted by Crippen LogP contribution is -2.45. The zero-order valence-corrected chi connectivity index (χ0v) is 9.37. The number of likely N-dealkylation sites (tertiary alicyclic amines) is 1. The van der Waals surface area contributed by atoms with Crippen LogP contribution >= 0.6 is 0 Å². The van der Waals surface area contributed by atoms with Crippen molar-refractivity contribution in [2.75, 3.05) is 33.4 Å². The Morgan fingerprint density at radius 3 is 2.80 bits per heavy atom. The molecular weight excluding hydrogens is 192 g/mol. The van der Waals surface area contributed by atoms with Crippen molar-refractivity contribution in [1.29, 1.82) is 0 Å². The summed E-state index contributed by atoms with van der Waals surface area (Å²) in [6.07, 6.45) is 3.72. The summed E-state index contributed by atoms with van der Waals surface area (Å²) in [5.41, 5.74) is 0. The lowest BCUT2D eigenvalue weighted by molar-refractivity contribution is -0.136. The van der Waals surface area contributed by atoms with Gasteiger partial charge >= 0.3 is 0 Å². The predicted octanol–water partition coefficient (Wildman–Crippen LogP) is 0.399. The van der Waals surface area contributed by atoms with E-state index in [2.05, 4.69) is 11.9 Å². The fraction of sp³-hybridized carbons (Fsp3) is 0.727. The van der Waals surface area contributed by atoms with Gasteiger partial charge in [-0.3, -0.25) is 4.79 Å². The molecule has 0 atom stereocenters. The number of rotatable bonds is 5. The molecule has 0 radical (unpaired) electrons. The monoisotopic (exact) mass is 212 g/mol. The van der Waals surface area contributed by atoms with Crippen LogP contribution in [0.1, 0.15) is 12.8 Å². The van der Waals surface area contributed by atoms with Crippen LogP contribution in [-0.4, -0.2) is 50.2 Å². The molecule has 0 aromatic carbocycles. The molecule has 4 heteroatoms. The van der Waals surface area contributed by atoms with Gasteiger partial charge in [0.2, 0.25) is 5.91 Å². The van der Waals surface area contributed by atoms with Gasteiger partial charge in [0.15, 0.2) is 0 Å². The number of hydrogen-bond acceptors (Lipinski definition) is 3. The molecular formula is C11H20N2O2. The molecule has 1 amide bonds. The van der Waals surface area contributed by atoms with E-state index < -0.39 is 0 Å². The maximum atomic E-state index is 11.6. The van der Waals surface area contributed by atoms with Crippen LogP contribution in [-0.2, 0) is 9.53 Å². The zero-order valence-electron chi connectivity index (χ0n) is 9.37. The molecule has 1 rings (SSSR count). The molecule has 1 heterocycles. The van der Waals surface area contributed by atoms with Crippen LogP contribution in [0.4, 0.5) is 0 Å². The standard InChI is InChI=1S/C11H20N2O2/c1-3-8-15-9-11(14)13-6-4-10(12-2)5-7-13/h3,10,12H,1,4-9H2,2H3. The summed E-state index contributed by atoms with van der Waals surface area (Å²) in [6, 6.07) is 0.558. The smallest absolute Gasteiger partial charge is 0.248 e. The summed E-state index contributed by atoms with van der Waals surface area (Å²) in [6.45, 7) is 5.82. The number of piperidine rings is 1. The second kappa shape index (κ2) is 6.58. The lowest BCUT2D eigenvalue weighted by atomic mass is 10.1. The van der Waals surface area contributed by atoms with Gasteiger partial charge in [-0.25, -0.2) is 0 Å². The van der Waals surface area contributed by atoms with Gasteiger partial charge in [-0.1, -0.05) is 6.08 Å². The number of carbonyl (C=O) groups is 1. The van der Waals surface area contributed by atoms with E-state index in [1.165, 1.54) is 0 Å². The van der Waals surface area contributed by atoms with Gasteiger partial charge in [0.05, 0.1) is 6.61 Å². The van der Waals surface area contributed by atoms with Crippen LogP contribution < -0.4 is 5.32 Å². The van der Waals surface area contributed by atoms with Crippen LogP contribution in [0, 0.1) is 0 Å². The number of ether oxygens (including phenoxy) is 1. The highest BCUT2D eigenvalue weighted by Crippen LogP contribution is 2.09. The highest BCUT2D eigenvalue weighted by Gasteiger charge is 2.21. The molecule has 0 spiro atoms. The molecule has 0 saturated carbocycles. The highest BCUT2D eigenvalue weighted by atomic mass is 16.5. The molecule has 0 unspecified atom stereocenters. The van der Waals surface area contributed by atoms with Crippen molar-refractivity contribution in [2.24, 2.45) is 0 Å². The zero-order chi connectivity index (χ0) is 11.1. The maximum absolute atomic E-state index is 11.6. The van der Waals surface area contributed by atoms with Crippen molar-refractivity contribution in [3.05, 3.63) is 12.7 Å². The Balaban J connectivity index is 2.20. The van der Waals surface area contributed by atoms with Gasteiger partial charge in [0.25, 0.3) is 0 Å². The van der Waals surface area contributed by atoms with E-state index >= 15 is 0 Å². The number of hydrogen-bond donors (Lipinski definition) is 1. The number of nitrogens with one attached hydrogen (secondary N) is 1. The fourth-order valence-electron chi connectivity index (χ4n) is 1.74. The van der Waals surface area contributed by atoms with Gasteiger partial charge in [0.1, 0.15) is 6.61 Å². The Kier molecular flexibility index (Phi) is 5.36. The quantitative estimate of drug-likeness (QED) is 0.530. The van der Waals surface area contributed by atoms with Crippen molar-refractivity contribution < 1.29 is 9.53 Å². The summed E-state index contributed by atoms with van der Waals surface area (Å²) in [5.74, 6) is 0.0893. The largest absolute Gasteiger partial charge is 0.368 e. The van der Waals surface area contributed by atoms with E-state index in [1.54, 1.807) is 6.08 Å². The van der Waals surface area contributed by atoms with Crippen LogP contribution in [0.5, 0.6) is 0 Å². The number of nitrogens with zero attached hydrogens (tertiary/aromatic N) is 1. The minimum absolute atomic E-state index is 0.0893. The first-order chi connectivity index (χ1) is 7.27. The molecule has 1 N–H and O–H groups in total. The number of amides is 1. The van der Waals surface area contributed by atoms with Crippen LogP contribution in [0.2, 0.25) is 0 Å². The SMILES string of the molecule is C=CCOCC(=O)N1CCC(NC)CC1. The molecule has 86 valence electrons. The minimum atomic E-state index is 0.0893. The number of carbonyl (C=O) groups excluding carboxylic acids is 1. The minimum Gasteiger partial charge on any atom is -0.368 e. The normalized spacial score (nSPS) is 17.8. The second-order valence-electron chi connectivity index (χ2n) is 3.75. The lowest BCUT2D eigenvalue weighted by Gasteiger charge is -2.31. The van der Waals surface area contributed by atoms with Crippen molar-refractivity contribution in [2.45, 2.75) is 18.9 Å². The van der Waals surface area contributed by atoms with Gasteiger partial charge in [-0.15, -0.1) is 6.58 Å². The average Bonchev–Trinajstić information content (AvgIpc) is 2.29. The van der Waals surface area contributed by atoms with Crippen LogP contribution in [0.3, 0.4) is 0 Å². The first kappa shape index (κ1) is 12.2. The molecule has 1 aliphatic rings. The van der Waals surface area contributed by atoms with Gasteiger partial charge in [-0.2, -0.15) is 0 Å². The summed E-state index contributed by atoms with van der Waals surface area (Å²) in [5, 5.41) is 3.23. The van der Waals surface area contributed by atoms with E-state index in [9.17, 15) is 4.79 Å². The molecule has 0 aliphatic carbocycles. The molecule has 1 aliphatic heterocycles. The summed E-state index contributed by atoms with van der Waals surface area (Å²) in [7, 11) is 1.97. The van der Waals surface area contributed by atoms with Gasteiger partial charge in [-0.05, 0) is 19.9 Å². The Bertz CT molecular complexity index is 211. The predicted molar refractivity (Wildman–Crippen MR) is 59.7 cm³/mol. The van der Waals surface area contributed by atoms with E-state index in [0.717, 1.165) is 25.9 Å².